The van der Waals surface area contributed by atoms with E-state index in [4.69, 9.17) is 5.26 Å². The molecule has 0 fully saturated rings. The number of hydrogen-bond acceptors (Lipinski definition) is 3. The van der Waals surface area contributed by atoms with Gasteiger partial charge in [-0.05, 0) is 36.4 Å². The van der Waals surface area contributed by atoms with E-state index in [1.54, 1.807) is 18.2 Å². The molecular formula is C15H10FN3O2. The third-order valence-corrected chi connectivity index (χ3v) is 2.54. The predicted molar refractivity (Wildman–Crippen MR) is 74.8 cm³/mol. The van der Waals surface area contributed by atoms with Gasteiger partial charge in [0.15, 0.2) is 0 Å². The first-order valence-electron chi connectivity index (χ1n) is 5.96. The molecular weight excluding hydrogens is 273 g/mol. The summed E-state index contributed by atoms with van der Waals surface area (Å²) in [5, 5.41) is 13.4. The molecule has 0 bridgehead atoms. The highest BCUT2D eigenvalue weighted by Gasteiger charge is 2.14. The number of amides is 2. The van der Waals surface area contributed by atoms with Crippen molar-refractivity contribution in [3.05, 3.63) is 59.9 Å². The second-order valence-corrected chi connectivity index (χ2v) is 4.11. The summed E-state index contributed by atoms with van der Waals surface area (Å²) in [6, 6.07) is 13.3. The van der Waals surface area contributed by atoms with Gasteiger partial charge in [-0.3, -0.25) is 9.59 Å². The van der Waals surface area contributed by atoms with Crippen LogP contribution in [0.5, 0.6) is 0 Å². The Bertz CT molecular complexity index is 738. The number of nitrogens with one attached hydrogen (secondary N) is 2. The summed E-state index contributed by atoms with van der Waals surface area (Å²) < 4.78 is 13.0. The van der Waals surface area contributed by atoms with Crippen LogP contribution < -0.4 is 10.6 Å². The van der Waals surface area contributed by atoms with Crippen molar-refractivity contribution in [2.75, 3.05) is 10.6 Å². The minimum Gasteiger partial charge on any atom is -0.318 e. The maximum Gasteiger partial charge on any atom is 0.314 e. The molecule has 0 saturated carbocycles. The van der Waals surface area contributed by atoms with Gasteiger partial charge in [-0.15, -0.1) is 0 Å². The van der Waals surface area contributed by atoms with E-state index < -0.39 is 17.6 Å². The third kappa shape index (κ3) is 3.88. The van der Waals surface area contributed by atoms with Gasteiger partial charge in [0.05, 0.1) is 11.6 Å². The van der Waals surface area contributed by atoms with Crippen molar-refractivity contribution < 1.29 is 14.0 Å². The molecule has 2 amide bonds. The van der Waals surface area contributed by atoms with Crippen LogP contribution in [0.15, 0.2) is 48.5 Å². The Balaban J connectivity index is 2.03. The monoisotopic (exact) mass is 283 g/mol. The van der Waals surface area contributed by atoms with Crippen LogP contribution >= 0.6 is 0 Å². The van der Waals surface area contributed by atoms with Crippen LogP contribution in [0, 0.1) is 17.1 Å². The van der Waals surface area contributed by atoms with Crippen molar-refractivity contribution in [1.29, 1.82) is 5.26 Å². The molecule has 0 radical (unpaired) electrons. The lowest BCUT2D eigenvalue weighted by atomic mass is 10.2. The molecule has 0 unspecified atom stereocenters. The predicted octanol–water partition coefficient (Wildman–Crippen LogP) is 2.27. The Morgan fingerprint density at radius 3 is 2.10 bits per heavy atom. The van der Waals surface area contributed by atoms with E-state index in [9.17, 15) is 14.0 Å². The maximum atomic E-state index is 13.0. The molecule has 2 N–H and O–H groups in total. The third-order valence-electron chi connectivity index (χ3n) is 2.54. The number of hydrogen-bond donors (Lipinski definition) is 2. The first-order chi connectivity index (χ1) is 10.1. The van der Waals surface area contributed by atoms with E-state index in [-0.39, 0.29) is 5.69 Å². The Hall–Kier alpha value is -3.20. The summed E-state index contributed by atoms with van der Waals surface area (Å²) in [7, 11) is 0. The molecule has 104 valence electrons. The second kappa shape index (κ2) is 6.30. The molecule has 0 heterocycles. The van der Waals surface area contributed by atoms with E-state index >= 15 is 0 Å². The highest BCUT2D eigenvalue weighted by Crippen LogP contribution is 2.11. The van der Waals surface area contributed by atoms with Crippen molar-refractivity contribution in [3.8, 4) is 6.07 Å². The summed E-state index contributed by atoms with van der Waals surface area (Å²) in [4.78, 5) is 23.4. The number of halogens is 1. The average molecular weight is 283 g/mol. The summed E-state index contributed by atoms with van der Waals surface area (Å²) in [6.45, 7) is 0. The first kappa shape index (κ1) is 14.2. The largest absolute Gasteiger partial charge is 0.318 e. The number of anilines is 2. The molecule has 0 aromatic heterocycles. The van der Waals surface area contributed by atoms with E-state index in [1.165, 1.54) is 24.3 Å². The van der Waals surface area contributed by atoms with Crippen LogP contribution in [-0.2, 0) is 9.59 Å². The Labute approximate surface area is 120 Å². The maximum absolute atomic E-state index is 13.0. The SMILES string of the molecule is N#Cc1cccc(NC(=O)C(=O)Nc2cccc(F)c2)c1. The number of carbonyl (C=O) groups excluding carboxylic acids is 2. The molecule has 0 aliphatic carbocycles. The minimum atomic E-state index is -0.928. The zero-order valence-electron chi connectivity index (χ0n) is 10.8. The lowest BCUT2D eigenvalue weighted by Gasteiger charge is -2.06. The number of nitrogens with zero attached hydrogens (tertiary/aromatic N) is 1. The van der Waals surface area contributed by atoms with Gasteiger partial charge in [0.2, 0.25) is 0 Å². The molecule has 2 aromatic rings. The summed E-state index contributed by atoms with van der Waals surface area (Å²) >= 11 is 0. The number of nitriles is 1. The fourth-order valence-electron chi connectivity index (χ4n) is 1.61. The fraction of sp³-hybridized carbons (Fsp3) is 0. The van der Waals surface area contributed by atoms with Gasteiger partial charge < -0.3 is 10.6 Å². The second-order valence-electron chi connectivity index (χ2n) is 4.11. The zero-order chi connectivity index (χ0) is 15.2. The fourth-order valence-corrected chi connectivity index (χ4v) is 1.61. The van der Waals surface area contributed by atoms with Gasteiger partial charge in [0, 0.05) is 11.4 Å². The molecule has 0 aliphatic rings. The van der Waals surface area contributed by atoms with Crippen LogP contribution in [0.4, 0.5) is 15.8 Å². The summed E-state index contributed by atoms with van der Waals surface area (Å²) in [5.41, 5.74) is 0.868. The van der Waals surface area contributed by atoms with E-state index in [0.29, 0.717) is 11.3 Å². The van der Waals surface area contributed by atoms with Gasteiger partial charge in [0.25, 0.3) is 0 Å². The number of carbonyl (C=O) groups is 2. The molecule has 0 spiro atoms. The van der Waals surface area contributed by atoms with Crippen LogP contribution in [0.2, 0.25) is 0 Å². The molecule has 0 aliphatic heterocycles. The smallest absolute Gasteiger partial charge is 0.314 e. The topological polar surface area (TPSA) is 82.0 Å². The van der Waals surface area contributed by atoms with Crippen molar-refractivity contribution in [2.45, 2.75) is 0 Å². The molecule has 2 aromatic carbocycles. The van der Waals surface area contributed by atoms with Crippen molar-refractivity contribution in [1.82, 2.24) is 0 Å². The van der Waals surface area contributed by atoms with Gasteiger partial charge >= 0.3 is 11.8 Å². The number of rotatable bonds is 2. The van der Waals surface area contributed by atoms with E-state index in [0.717, 1.165) is 6.07 Å². The first-order valence-corrected chi connectivity index (χ1v) is 5.96. The summed E-state index contributed by atoms with van der Waals surface area (Å²) in [6.07, 6.45) is 0. The Morgan fingerprint density at radius 1 is 0.952 bits per heavy atom. The molecule has 21 heavy (non-hydrogen) atoms. The number of benzene rings is 2. The van der Waals surface area contributed by atoms with Gasteiger partial charge in [-0.25, -0.2) is 4.39 Å². The molecule has 5 nitrogen and oxygen atoms in total. The van der Waals surface area contributed by atoms with Crippen molar-refractivity contribution >= 4 is 23.2 Å². The Morgan fingerprint density at radius 2 is 1.52 bits per heavy atom. The highest BCUT2D eigenvalue weighted by molar-refractivity contribution is 6.43. The van der Waals surface area contributed by atoms with Gasteiger partial charge in [-0.1, -0.05) is 12.1 Å². The average Bonchev–Trinajstić information content (AvgIpc) is 2.47. The standard InChI is InChI=1S/C15H10FN3O2/c16-11-4-2-6-13(8-11)19-15(21)14(20)18-12-5-1-3-10(7-12)9-17/h1-8H,(H,18,20)(H,19,21). The normalized spacial score (nSPS) is 9.52. The molecule has 6 heteroatoms. The van der Waals surface area contributed by atoms with Crippen molar-refractivity contribution in [2.24, 2.45) is 0 Å². The van der Waals surface area contributed by atoms with E-state index in [1.807, 2.05) is 6.07 Å². The quantitative estimate of drug-likeness (QED) is 0.829. The van der Waals surface area contributed by atoms with Gasteiger partial charge in [-0.2, -0.15) is 5.26 Å². The lowest BCUT2D eigenvalue weighted by molar-refractivity contribution is -0.133. The Kier molecular flexibility index (Phi) is 4.26. The summed E-state index contributed by atoms with van der Waals surface area (Å²) in [5.74, 6) is -2.35. The van der Waals surface area contributed by atoms with Crippen LogP contribution in [0.3, 0.4) is 0 Å². The van der Waals surface area contributed by atoms with Crippen LogP contribution in [0.25, 0.3) is 0 Å². The van der Waals surface area contributed by atoms with Crippen LogP contribution in [0.1, 0.15) is 5.56 Å². The van der Waals surface area contributed by atoms with Crippen molar-refractivity contribution in [3.63, 3.8) is 0 Å². The zero-order valence-corrected chi connectivity index (χ0v) is 10.8. The molecule has 0 atom stereocenters. The van der Waals surface area contributed by atoms with Gasteiger partial charge in [0.1, 0.15) is 5.82 Å². The molecule has 2 rings (SSSR count). The lowest BCUT2D eigenvalue weighted by Crippen LogP contribution is -2.29. The molecule has 0 saturated heterocycles. The highest BCUT2D eigenvalue weighted by atomic mass is 19.1. The van der Waals surface area contributed by atoms with E-state index in [2.05, 4.69) is 10.6 Å². The van der Waals surface area contributed by atoms with Crippen LogP contribution in [-0.4, -0.2) is 11.8 Å². The minimum absolute atomic E-state index is 0.181.